The smallest absolute Gasteiger partial charge is 0.335 e. The lowest BCUT2D eigenvalue weighted by Crippen LogP contribution is -2.32. The van der Waals surface area contributed by atoms with Crippen LogP contribution >= 0.6 is 0 Å². The monoisotopic (exact) mass is 283 g/mol. The summed E-state index contributed by atoms with van der Waals surface area (Å²) in [5, 5.41) is 0.519. The van der Waals surface area contributed by atoms with Gasteiger partial charge in [0, 0.05) is 19.3 Å². The van der Waals surface area contributed by atoms with E-state index in [1.165, 1.54) is 0 Å². The summed E-state index contributed by atoms with van der Waals surface area (Å²) < 4.78 is 10.3. The summed E-state index contributed by atoms with van der Waals surface area (Å²) in [6.07, 6.45) is 5.71. The molecule has 1 heterocycles. The Balaban J connectivity index is 2.02. The Morgan fingerprint density at radius 2 is 1.70 bits per heavy atom. The molecule has 1 rings (SSSR count). The Morgan fingerprint density at radius 3 is 2.30 bits per heavy atom. The number of carbonyl (C=O) groups excluding carboxylic acids is 3. The van der Waals surface area contributed by atoms with Crippen molar-refractivity contribution in [3.05, 3.63) is 0 Å². The van der Waals surface area contributed by atoms with Crippen LogP contribution in [-0.4, -0.2) is 49.3 Å². The third-order valence-electron chi connectivity index (χ3n) is 2.41. The molecule has 0 saturated carbocycles. The first kappa shape index (κ1) is 16.1. The Bertz CT molecular complexity index is 384. The molecule has 20 heavy (non-hydrogen) atoms. The molecule has 0 N–H and O–H groups in total. The van der Waals surface area contributed by atoms with E-state index in [4.69, 9.17) is 15.9 Å². The number of terminal acetylenes is 1. The molecule has 0 radical (unpaired) electrons. The summed E-state index contributed by atoms with van der Waals surface area (Å²) in [6.45, 7) is 1.33. The van der Waals surface area contributed by atoms with Crippen LogP contribution in [0, 0.1) is 12.3 Å². The minimum Gasteiger partial charge on any atom is -0.378 e. The largest absolute Gasteiger partial charge is 0.378 e. The van der Waals surface area contributed by atoms with Gasteiger partial charge in [-0.15, -0.1) is 17.4 Å². The Morgan fingerprint density at radius 1 is 1.10 bits per heavy atom. The highest BCUT2D eigenvalue weighted by Crippen LogP contribution is 2.12. The Labute approximate surface area is 117 Å². The van der Waals surface area contributed by atoms with E-state index in [2.05, 4.69) is 10.8 Å². The predicted molar refractivity (Wildman–Crippen MR) is 66.9 cm³/mol. The number of hydroxylamine groups is 2. The standard InChI is InChI=1S/C13H17NO6/c1-2-3-7-18-9-10-19-8-6-13(17)20-14-11(15)4-5-12(14)16/h1H,3-10H2. The fourth-order valence-corrected chi connectivity index (χ4v) is 1.41. The lowest BCUT2D eigenvalue weighted by molar-refractivity contribution is -0.198. The van der Waals surface area contributed by atoms with Crippen molar-refractivity contribution < 1.29 is 28.7 Å². The molecule has 0 atom stereocenters. The minimum atomic E-state index is -0.679. The highest BCUT2D eigenvalue weighted by molar-refractivity contribution is 6.01. The SMILES string of the molecule is C#CCCOCCOCCC(=O)ON1C(=O)CCC1=O. The van der Waals surface area contributed by atoms with Gasteiger partial charge in [0.25, 0.3) is 11.8 Å². The number of hydrogen-bond donors (Lipinski definition) is 0. The third kappa shape index (κ3) is 5.82. The number of imide groups is 1. The van der Waals surface area contributed by atoms with Gasteiger partial charge in [0.05, 0.1) is 32.8 Å². The van der Waals surface area contributed by atoms with Gasteiger partial charge in [-0.1, -0.05) is 0 Å². The summed E-state index contributed by atoms with van der Waals surface area (Å²) in [5.74, 6) is 0.772. The van der Waals surface area contributed by atoms with E-state index in [0.717, 1.165) is 0 Å². The molecule has 0 aliphatic carbocycles. The summed E-state index contributed by atoms with van der Waals surface area (Å²) >= 11 is 0. The molecule has 110 valence electrons. The van der Waals surface area contributed by atoms with Crippen molar-refractivity contribution >= 4 is 17.8 Å². The number of nitrogens with zero attached hydrogens (tertiary/aromatic N) is 1. The van der Waals surface area contributed by atoms with E-state index < -0.39 is 17.8 Å². The minimum absolute atomic E-state index is 0.0403. The van der Waals surface area contributed by atoms with E-state index in [1.807, 2.05) is 0 Å². The average Bonchev–Trinajstić information content (AvgIpc) is 2.73. The molecule has 0 bridgehead atoms. The Kier molecular flexibility index (Phi) is 7.32. The Hall–Kier alpha value is -1.91. The van der Waals surface area contributed by atoms with Crippen LogP contribution in [0.1, 0.15) is 25.7 Å². The molecule has 1 aliphatic rings. The molecule has 0 aromatic heterocycles. The lowest BCUT2D eigenvalue weighted by Gasteiger charge is -2.12. The van der Waals surface area contributed by atoms with Gasteiger partial charge in [0.2, 0.25) is 0 Å². The van der Waals surface area contributed by atoms with Gasteiger partial charge in [-0.05, 0) is 0 Å². The predicted octanol–water partition coefficient (Wildman–Crippen LogP) is 0.0402. The molecule has 0 aromatic carbocycles. The summed E-state index contributed by atoms with van der Waals surface area (Å²) in [7, 11) is 0. The van der Waals surface area contributed by atoms with Crippen molar-refractivity contribution in [1.82, 2.24) is 5.06 Å². The molecule has 1 fully saturated rings. The van der Waals surface area contributed by atoms with Gasteiger partial charge in [-0.3, -0.25) is 9.59 Å². The van der Waals surface area contributed by atoms with E-state index >= 15 is 0 Å². The van der Waals surface area contributed by atoms with Gasteiger partial charge in [-0.2, -0.15) is 0 Å². The zero-order valence-corrected chi connectivity index (χ0v) is 11.1. The van der Waals surface area contributed by atoms with Crippen molar-refractivity contribution in [1.29, 1.82) is 0 Å². The summed E-state index contributed by atoms with van der Waals surface area (Å²) in [5.41, 5.74) is 0. The highest BCUT2D eigenvalue weighted by Gasteiger charge is 2.32. The van der Waals surface area contributed by atoms with Gasteiger partial charge in [0.1, 0.15) is 0 Å². The van der Waals surface area contributed by atoms with E-state index in [1.54, 1.807) is 0 Å². The molecule has 0 aromatic rings. The lowest BCUT2D eigenvalue weighted by atomic mass is 10.4. The summed E-state index contributed by atoms with van der Waals surface area (Å²) in [6, 6.07) is 0. The molecule has 0 spiro atoms. The van der Waals surface area contributed by atoms with Crippen molar-refractivity contribution in [2.75, 3.05) is 26.4 Å². The van der Waals surface area contributed by atoms with Crippen LogP contribution in [0.4, 0.5) is 0 Å². The molecular weight excluding hydrogens is 266 g/mol. The van der Waals surface area contributed by atoms with Crippen LogP contribution in [0.5, 0.6) is 0 Å². The van der Waals surface area contributed by atoms with E-state index in [9.17, 15) is 14.4 Å². The van der Waals surface area contributed by atoms with Gasteiger partial charge in [-0.25, -0.2) is 4.79 Å². The first-order valence-corrected chi connectivity index (χ1v) is 6.30. The maximum absolute atomic E-state index is 11.4. The van der Waals surface area contributed by atoms with Gasteiger partial charge < -0.3 is 14.3 Å². The van der Waals surface area contributed by atoms with E-state index in [-0.39, 0.29) is 25.9 Å². The van der Waals surface area contributed by atoms with E-state index in [0.29, 0.717) is 31.3 Å². The van der Waals surface area contributed by atoms with Crippen molar-refractivity contribution in [2.45, 2.75) is 25.7 Å². The second-order valence-corrected chi connectivity index (χ2v) is 3.97. The third-order valence-corrected chi connectivity index (χ3v) is 2.41. The molecule has 1 aliphatic heterocycles. The normalized spacial score (nSPS) is 14.4. The van der Waals surface area contributed by atoms with Crippen LogP contribution in [0.2, 0.25) is 0 Å². The number of rotatable bonds is 9. The number of amides is 2. The first-order valence-electron chi connectivity index (χ1n) is 6.30. The topological polar surface area (TPSA) is 82.1 Å². The fourth-order valence-electron chi connectivity index (χ4n) is 1.41. The molecule has 1 saturated heterocycles. The van der Waals surface area contributed by atoms with Crippen LogP contribution < -0.4 is 0 Å². The summed E-state index contributed by atoms with van der Waals surface area (Å²) in [4.78, 5) is 38.4. The molecule has 7 heteroatoms. The zero-order valence-electron chi connectivity index (χ0n) is 11.1. The quantitative estimate of drug-likeness (QED) is 0.337. The number of carbonyl (C=O) groups is 3. The number of hydrogen-bond acceptors (Lipinski definition) is 6. The second-order valence-electron chi connectivity index (χ2n) is 3.97. The van der Waals surface area contributed by atoms with Crippen LogP contribution in [0.15, 0.2) is 0 Å². The molecule has 7 nitrogen and oxygen atoms in total. The van der Waals surface area contributed by atoms with Crippen LogP contribution in [0.3, 0.4) is 0 Å². The molecule has 2 amide bonds. The number of ether oxygens (including phenoxy) is 2. The van der Waals surface area contributed by atoms with Gasteiger partial charge >= 0.3 is 5.97 Å². The fraction of sp³-hybridized carbons (Fsp3) is 0.615. The van der Waals surface area contributed by atoms with Gasteiger partial charge in [0.15, 0.2) is 0 Å². The first-order chi connectivity index (χ1) is 9.65. The highest BCUT2D eigenvalue weighted by atomic mass is 16.7. The zero-order chi connectivity index (χ0) is 14.8. The van der Waals surface area contributed by atoms with Crippen molar-refractivity contribution in [3.8, 4) is 12.3 Å². The van der Waals surface area contributed by atoms with Crippen LogP contribution in [0.25, 0.3) is 0 Å². The van der Waals surface area contributed by atoms with Crippen LogP contribution in [-0.2, 0) is 28.7 Å². The second kappa shape index (κ2) is 9.07. The van der Waals surface area contributed by atoms with Crippen molar-refractivity contribution in [3.63, 3.8) is 0 Å². The van der Waals surface area contributed by atoms with Crippen molar-refractivity contribution in [2.24, 2.45) is 0 Å². The maximum Gasteiger partial charge on any atom is 0.335 e. The maximum atomic E-state index is 11.4. The molecular formula is C13H17NO6. The average molecular weight is 283 g/mol. The molecule has 0 unspecified atom stereocenters.